The van der Waals surface area contributed by atoms with E-state index in [1.165, 1.54) is 30.4 Å². The second kappa shape index (κ2) is 6.68. The molecule has 1 aliphatic heterocycles. The average Bonchev–Trinajstić information content (AvgIpc) is 2.59. The molecule has 1 unspecified atom stereocenters. The molecule has 0 bridgehead atoms. The molecule has 1 saturated heterocycles. The minimum Gasteiger partial charge on any atom is -0.310 e. The van der Waals surface area contributed by atoms with Gasteiger partial charge in [-0.05, 0) is 50.8 Å². The molecule has 2 heterocycles. The molecule has 0 aromatic carbocycles. The van der Waals surface area contributed by atoms with Gasteiger partial charge in [-0.25, -0.2) is 0 Å². The Labute approximate surface area is 123 Å². The first kappa shape index (κ1) is 15.5. The number of nitrogens with zero attached hydrogens (tertiary/aromatic N) is 2. The van der Waals surface area contributed by atoms with Crippen LogP contribution in [0.3, 0.4) is 0 Å². The predicted octanol–water partition coefficient (Wildman–Crippen LogP) is 3.13. The molecule has 3 nitrogen and oxygen atoms in total. The molecule has 3 heteroatoms. The first-order valence-electron chi connectivity index (χ1n) is 7.98. The van der Waals surface area contributed by atoms with E-state index < -0.39 is 0 Å². The molecular formula is C17H29N3. The largest absolute Gasteiger partial charge is 0.310 e. The Hall–Kier alpha value is -0.930. The first-order valence-corrected chi connectivity index (χ1v) is 7.98. The van der Waals surface area contributed by atoms with Crippen LogP contribution in [0.25, 0.3) is 0 Å². The minimum atomic E-state index is 0.280. The maximum Gasteiger partial charge on any atom is 0.0313 e. The summed E-state index contributed by atoms with van der Waals surface area (Å²) in [6.45, 7) is 12.4. The van der Waals surface area contributed by atoms with Crippen molar-refractivity contribution in [3.05, 3.63) is 29.6 Å². The molecule has 20 heavy (non-hydrogen) atoms. The zero-order valence-electron chi connectivity index (χ0n) is 13.4. The predicted molar refractivity (Wildman–Crippen MR) is 84.8 cm³/mol. The van der Waals surface area contributed by atoms with Crippen LogP contribution in [0.4, 0.5) is 0 Å². The molecule has 1 aromatic heterocycles. The Morgan fingerprint density at radius 3 is 2.75 bits per heavy atom. The van der Waals surface area contributed by atoms with Crippen LogP contribution in [0.5, 0.6) is 0 Å². The van der Waals surface area contributed by atoms with Gasteiger partial charge in [0, 0.05) is 37.1 Å². The monoisotopic (exact) mass is 275 g/mol. The summed E-state index contributed by atoms with van der Waals surface area (Å²) in [5.41, 5.74) is 2.86. The highest BCUT2D eigenvalue weighted by Crippen LogP contribution is 2.24. The number of rotatable bonds is 4. The molecule has 1 N–H and O–H groups in total. The van der Waals surface area contributed by atoms with Gasteiger partial charge >= 0.3 is 0 Å². The third kappa shape index (κ3) is 3.58. The summed E-state index contributed by atoms with van der Waals surface area (Å²) in [5, 5.41) is 3.79. The van der Waals surface area contributed by atoms with E-state index >= 15 is 0 Å². The SMILES string of the molecule is CCC1(CC)CN(Cc2cncc(C)c2)C(C)CCN1. The molecule has 112 valence electrons. The number of hydrogen-bond acceptors (Lipinski definition) is 3. The maximum absolute atomic E-state index is 4.33. The Kier molecular flexibility index (Phi) is 5.17. The summed E-state index contributed by atoms with van der Waals surface area (Å²) >= 11 is 0. The molecule has 0 spiro atoms. The summed E-state index contributed by atoms with van der Waals surface area (Å²) in [6.07, 6.45) is 7.55. The molecule has 0 radical (unpaired) electrons. The van der Waals surface area contributed by atoms with E-state index in [-0.39, 0.29) is 5.54 Å². The van der Waals surface area contributed by atoms with E-state index in [9.17, 15) is 0 Å². The van der Waals surface area contributed by atoms with Crippen LogP contribution in [0, 0.1) is 6.92 Å². The lowest BCUT2D eigenvalue weighted by molar-refractivity contribution is 0.152. The van der Waals surface area contributed by atoms with Gasteiger partial charge in [-0.1, -0.05) is 19.9 Å². The van der Waals surface area contributed by atoms with Gasteiger partial charge in [0.1, 0.15) is 0 Å². The molecule has 2 rings (SSSR count). The van der Waals surface area contributed by atoms with Crippen LogP contribution in [-0.4, -0.2) is 34.6 Å². The summed E-state index contributed by atoms with van der Waals surface area (Å²) in [7, 11) is 0. The lowest BCUT2D eigenvalue weighted by Crippen LogP contribution is -2.51. The van der Waals surface area contributed by atoms with Gasteiger partial charge in [-0.3, -0.25) is 9.88 Å². The fourth-order valence-corrected chi connectivity index (χ4v) is 3.20. The summed E-state index contributed by atoms with van der Waals surface area (Å²) < 4.78 is 0. The maximum atomic E-state index is 4.33. The lowest BCUT2D eigenvalue weighted by atomic mass is 9.92. The molecule has 0 aliphatic carbocycles. The van der Waals surface area contributed by atoms with Crippen molar-refractivity contribution >= 4 is 0 Å². The molecule has 1 aliphatic rings. The van der Waals surface area contributed by atoms with Gasteiger partial charge in [0.25, 0.3) is 0 Å². The van der Waals surface area contributed by atoms with Gasteiger partial charge < -0.3 is 5.32 Å². The van der Waals surface area contributed by atoms with Gasteiger partial charge in [0.2, 0.25) is 0 Å². The van der Waals surface area contributed by atoms with Crippen LogP contribution >= 0.6 is 0 Å². The molecular weight excluding hydrogens is 246 g/mol. The Bertz CT molecular complexity index is 426. The quantitative estimate of drug-likeness (QED) is 0.915. The fourth-order valence-electron chi connectivity index (χ4n) is 3.20. The van der Waals surface area contributed by atoms with Gasteiger partial charge in [0.15, 0.2) is 0 Å². The number of aromatic nitrogens is 1. The molecule has 1 aromatic rings. The smallest absolute Gasteiger partial charge is 0.0313 e. The second-order valence-corrected chi connectivity index (χ2v) is 6.33. The van der Waals surface area contributed by atoms with Gasteiger partial charge in [-0.15, -0.1) is 0 Å². The van der Waals surface area contributed by atoms with Crippen LogP contribution < -0.4 is 5.32 Å². The summed E-state index contributed by atoms with van der Waals surface area (Å²) in [4.78, 5) is 6.96. The van der Waals surface area contributed by atoms with Crippen molar-refractivity contribution in [3.8, 4) is 0 Å². The molecule has 0 saturated carbocycles. The lowest BCUT2D eigenvalue weighted by Gasteiger charge is -2.37. The van der Waals surface area contributed by atoms with Crippen molar-refractivity contribution in [1.29, 1.82) is 0 Å². The zero-order valence-corrected chi connectivity index (χ0v) is 13.4. The van der Waals surface area contributed by atoms with E-state index in [1.807, 2.05) is 12.4 Å². The summed E-state index contributed by atoms with van der Waals surface area (Å²) in [5.74, 6) is 0. The molecule has 1 fully saturated rings. The third-order valence-corrected chi connectivity index (χ3v) is 4.86. The molecule has 0 amide bonds. The van der Waals surface area contributed by atoms with E-state index in [0.717, 1.165) is 19.6 Å². The first-order chi connectivity index (χ1) is 9.58. The average molecular weight is 275 g/mol. The number of hydrogen-bond donors (Lipinski definition) is 1. The van der Waals surface area contributed by atoms with Crippen LogP contribution in [0.15, 0.2) is 18.5 Å². The summed E-state index contributed by atoms with van der Waals surface area (Å²) in [6, 6.07) is 2.89. The Morgan fingerprint density at radius 2 is 2.10 bits per heavy atom. The molecule has 1 atom stereocenters. The van der Waals surface area contributed by atoms with E-state index in [1.54, 1.807) is 0 Å². The van der Waals surface area contributed by atoms with Crippen LogP contribution in [0.2, 0.25) is 0 Å². The van der Waals surface area contributed by atoms with E-state index in [2.05, 4.69) is 49.0 Å². The minimum absolute atomic E-state index is 0.280. The highest BCUT2D eigenvalue weighted by Gasteiger charge is 2.32. The standard InChI is InChI=1S/C17H29N3/c1-5-17(6-2)13-20(15(4)7-8-19-17)12-16-9-14(3)10-18-11-16/h9-11,15,19H,5-8,12-13H2,1-4H3. The Morgan fingerprint density at radius 1 is 1.35 bits per heavy atom. The topological polar surface area (TPSA) is 28.2 Å². The van der Waals surface area contributed by atoms with Gasteiger partial charge in [0.05, 0.1) is 0 Å². The fraction of sp³-hybridized carbons (Fsp3) is 0.706. The zero-order chi connectivity index (χ0) is 14.6. The van der Waals surface area contributed by atoms with Crippen molar-refractivity contribution in [3.63, 3.8) is 0 Å². The number of pyridine rings is 1. The number of aryl methyl sites for hydroxylation is 1. The van der Waals surface area contributed by atoms with Crippen molar-refractivity contribution in [2.45, 2.75) is 65.1 Å². The van der Waals surface area contributed by atoms with Gasteiger partial charge in [-0.2, -0.15) is 0 Å². The highest BCUT2D eigenvalue weighted by molar-refractivity contribution is 5.16. The van der Waals surface area contributed by atoms with Crippen LogP contribution in [0.1, 0.15) is 51.2 Å². The highest BCUT2D eigenvalue weighted by atomic mass is 15.2. The van der Waals surface area contributed by atoms with Crippen molar-refractivity contribution in [1.82, 2.24) is 15.2 Å². The second-order valence-electron chi connectivity index (χ2n) is 6.33. The Balaban J connectivity index is 2.14. The van der Waals surface area contributed by atoms with E-state index in [0.29, 0.717) is 6.04 Å². The van der Waals surface area contributed by atoms with Crippen LogP contribution in [-0.2, 0) is 6.54 Å². The van der Waals surface area contributed by atoms with Crippen molar-refractivity contribution in [2.24, 2.45) is 0 Å². The van der Waals surface area contributed by atoms with E-state index in [4.69, 9.17) is 0 Å². The third-order valence-electron chi connectivity index (χ3n) is 4.86. The normalized spacial score (nSPS) is 23.5. The van der Waals surface area contributed by atoms with Crippen molar-refractivity contribution in [2.75, 3.05) is 13.1 Å². The number of nitrogens with one attached hydrogen (secondary N) is 1. The van der Waals surface area contributed by atoms with Crippen molar-refractivity contribution < 1.29 is 0 Å².